The van der Waals surface area contributed by atoms with Gasteiger partial charge in [-0.25, -0.2) is 4.98 Å². The van der Waals surface area contributed by atoms with E-state index in [4.69, 9.17) is 0 Å². The number of rotatable bonds is 5. The fraction of sp³-hybridized carbons (Fsp3) is 0.462. The Labute approximate surface area is 124 Å². The summed E-state index contributed by atoms with van der Waals surface area (Å²) in [6.07, 6.45) is 6.17. The summed E-state index contributed by atoms with van der Waals surface area (Å²) in [5.74, 6) is 1.56. The van der Waals surface area contributed by atoms with Gasteiger partial charge < -0.3 is 4.57 Å². The fourth-order valence-corrected chi connectivity index (χ4v) is 3.30. The third-order valence-corrected chi connectivity index (χ3v) is 4.65. The van der Waals surface area contributed by atoms with Crippen LogP contribution in [0, 0.1) is 10.1 Å². The molecule has 0 spiro atoms. The van der Waals surface area contributed by atoms with Crippen molar-refractivity contribution in [2.75, 3.05) is 0 Å². The molecular weight excluding hydrogens is 290 g/mol. The van der Waals surface area contributed by atoms with Crippen molar-refractivity contribution in [1.29, 1.82) is 0 Å². The van der Waals surface area contributed by atoms with Crippen LogP contribution in [0.25, 0.3) is 0 Å². The minimum atomic E-state index is -0.408. The standard InChI is InChI=1S/C13H13N5O2S/c19-18(20)10-2-1-7-14-12(10)21-13-16-15-11(8-3-4-8)17(13)9-5-6-9/h1-2,7-9H,3-6H2. The number of nitrogens with zero attached hydrogens (tertiary/aromatic N) is 5. The molecule has 0 aliphatic heterocycles. The van der Waals surface area contributed by atoms with Gasteiger partial charge in [-0.3, -0.25) is 10.1 Å². The van der Waals surface area contributed by atoms with Gasteiger partial charge in [-0.15, -0.1) is 10.2 Å². The third-order valence-electron chi connectivity index (χ3n) is 3.68. The first-order valence-corrected chi connectivity index (χ1v) is 7.77. The van der Waals surface area contributed by atoms with Crippen molar-refractivity contribution in [2.45, 2.75) is 47.8 Å². The van der Waals surface area contributed by atoms with Crippen molar-refractivity contribution in [3.63, 3.8) is 0 Å². The molecule has 7 nitrogen and oxygen atoms in total. The molecular formula is C13H13N5O2S. The van der Waals surface area contributed by atoms with Crippen LogP contribution in [-0.4, -0.2) is 24.7 Å². The van der Waals surface area contributed by atoms with E-state index in [2.05, 4.69) is 19.7 Å². The lowest BCUT2D eigenvalue weighted by Crippen LogP contribution is -2.02. The van der Waals surface area contributed by atoms with Crippen LogP contribution in [0.15, 0.2) is 28.5 Å². The lowest BCUT2D eigenvalue weighted by molar-refractivity contribution is -0.388. The average molecular weight is 303 g/mol. The van der Waals surface area contributed by atoms with Gasteiger partial charge in [0.05, 0.1) is 4.92 Å². The van der Waals surface area contributed by atoms with Crippen molar-refractivity contribution in [3.8, 4) is 0 Å². The molecule has 0 amide bonds. The molecule has 0 atom stereocenters. The van der Waals surface area contributed by atoms with Crippen LogP contribution >= 0.6 is 11.8 Å². The Morgan fingerprint density at radius 3 is 2.76 bits per heavy atom. The Morgan fingerprint density at radius 1 is 1.29 bits per heavy atom. The average Bonchev–Trinajstić information content (AvgIpc) is 3.39. The molecule has 4 rings (SSSR count). The molecule has 2 aromatic rings. The maximum atomic E-state index is 11.1. The molecule has 0 saturated heterocycles. The topological polar surface area (TPSA) is 86.7 Å². The summed E-state index contributed by atoms with van der Waals surface area (Å²) in [5, 5.41) is 20.7. The normalized spacial score (nSPS) is 17.9. The van der Waals surface area contributed by atoms with Crippen LogP contribution in [0.1, 0.15) is 43.5 Å². The maximum absolute atomic E-state index is 11.1. The van der Waals surface area contributed by atoms with Crippen molar-refractivity contribution in [3.05, 3.63) is 34.3 Å². The highest BCUT2D eigenvalue weighted by Crippen LogP contribution is 2.47. The minimum absolute atomic E-state index is 0.0146. The van der Waals surface area contributed by atoms with E-state index >= 15 is 0 Å². The smallest absolute Gasteiger partial charge is 0.301 e. The molecule has 0 unspecified atom stereocenters. The molecule has 2 aliphatic carbocycles. The monoisotopic (exact) mass is 303 g/mol. The van der Waals surface area contributed by atoms with Crippen LogP contribution in [0.2, 0.25) is 0 Å². The molecule has 2 fully saturated rings. The van der Waals surface area contributed by atoms with E-state index in [0.29, 0.717) is 17.0 Å². The summed E-state index contributed by atoms with van der Waals surface area (Å²) in [7, 11) is 0. The van der Waals surface area contributed by atoms with E-state index in [1.807, 2.05) is 0 Å². The largest absolute Gasteiger partial charge is 0.302 e. The molecule has 21 heavy (non-hydrogen) atoms. The van der Waals surface area contributed by atoms with Crippen molar-refractivity contribution >= 4 is 17.4 Å². The zero-order valence-electron chi connectivity index (χ0n) is 11.2. The fourth-order valence-electron chi connectivity index (χ4n) is 2.34. The highest BCUT2D eigenvalue weighted by molar-refractivity contribution is 7.99. The third kappa shape index (κ3) is 2.39. The van der Waals surface area contributed by atoms with E-state index in [0.717, 1.165) is 23.8 Å². The van der Waals surface area contributed by atoms with E-state index in [1.165, 1.54) is 30.7 Å². The van der Waals surface area contributed by atoms with Crippen molar-refractivity contribution in [1.82, 2.24) is 19.7 Å². The molecule has 2 saturated carbocycles. The van der Waals surface area contributed by atoms with Crippen LogP contribution in [-0.2, 0) is 0 Å². The Balaban J connectivity index is 1.70. The second-order valence-electron chi connectivity index (χ2n) is 5.40. The van der Waals surface area contributed by atoms with E-state index in [9.17, 15) is 10.1 Å². The molecule has 2 heterocycles. The van der Waals surface area contributed by atoms with Gasteiger partial charge in [-0.2, -0.15) is 0 Å². The van der Waals surface area contributed by atoms with Gasteiger partial charge in [-0.1, -0.05) is 0 Å². The molecule has 0 bridgehead atoms. The zero-order valence-corrected chi connectivity index (χ0v) is 12.0. The molecule has 0 N–H and O–H groups in total. The number of hydrogen-bond acceptors (Lipinski definition) is 6. The van der Waals surface area contributed by atoms with E-state index < -0.39 is 4.92 Å². The lowest BCUT2D eigenvalue weighted by atomic mass is 10.4. The highest BCUT2D eigenvalue weighted by Gasteiger charge is 2.37. The Hall–Kier alpha value is -1.96. The summed E-state index contributed by atoms with van der Waals surface area (Å²) in [6.45, 7) is 0. The number of nitro groups is 1. The van der Waals surface area contributed by atoms with Crippen molar-refractivity contribution in [2.24, 2.45) is 0 Å². The van der Waals surface area contributed by atoms with Gasteiger partial charge in [0.1, 0.15) is 5.82 Å². The van der Waals surface area contributed by atoms with Gasteiger partial charge in [0.15, 0.2) is 10.2 Å². The lowest BCUT2D eigenvalue weighted by Gasteiger charge is -2.07. The summed E-state index contributed by atoms with van der Waals surface area (Å²) >= 11 is 1.24. The quantitative estimate of drug-likeness (QED) is 0.623. The molecule has 2 aliphatic rings. The Bertz CT molecular complexity index is 708. The zero-order chi connectivity index (χ0) is 14.4. The molecule has 0 radical (unpaired) electrons. The molecule has 8 heteroatoms. The minimum Gasteiger partial charge on any atom is -0.302 e. The maximum Gasteiger partial charge on any atom is 0.301 e. The van der Waals surface area contributed by atoms with Crippen LogP contribution in [0.3, 0.4) is 0 Å². The Morgan fingerprint density at radius 2 is 2.10 bits per heavy atom. The van der Waals surface area contributed by atoms with Gasteiger partial charge in [-0.05, 0) is 43.5 Å². The predicted octanol–water partition coefficient (Wildman–Crippen LogP) is 2.94. The SMILES string of the molecule is O=[N+]([O-])c1cccnc1Sc1nnc(C2CC2)n1C1CC1. The van der Waals surface area contributed by atoms with Crippen LogP contribution in [0.5, 0.6) is 0 Å². The van der Waals surface area contributed by atoms with Crippen LogP contribution in [0.4, 0.5) is 5.69 Å². The summed E-state index contributed by atoms with van der Waals surface area (Å²) < 4.78 is 2.17. The summed E-state index contributed by atoms with van der Waals surface area (Å²) in [5.41, 5.74) is 0.0146. The number of aromatic nitrogens is 4. The first kappa shape index (κ1) is 12.8. The van der Waals surface area contributed by atoms with Crippen molar-refractivity contribution < 1.29 is 4.92 Å². The highest BCUT2D eigenvalue weighted by atomic mass is 32.2. The van der Waals surface area contributed by atoms with Gasteiger partial charge in [0.25, 0.3) is 0 Å². The molecule has 0 aromatic carbocycles. The van der Waals surface area contributed by atoms with E-state index in [1.54, 1.807) is 12.3 Å². The second-order valence-corrected chi connectivity index (χ2v) is 6.36. The Kier molecular flexibility index (Phi) is 2.91. The first-order valence-electron chi connectivity index (χ1n) is 6.96. The predicted molar refractivity (Wildman–Crippen MR) is 75.3 cm³/mol. The number of hydrogen-bond donors (Lipinski definition) is 0. The molecule has 108 valence electrons. The van der Waals surface area contributed by atoms with Gasteiger partial charge in [0, 0.05) is 24.2 Å². The van der Waals surface area contributed by atoms with E-state index in [-0.39, 0.29) is 5.69 Å². The van der Waals surface area contributed by atoms with Gasteiger partial charge >= 0.3 is 5.69 Å². The summed E-state index contributed by atoms with van der Waals surface area (Å²) in [4.78, 5) is 14.8. The number of pyridine rings is 1. The summed E-state index contributed by atoms with van der Waals surface area (Å²) in [6, 6.07) is 3.50. The van der Waals surface area contributed by atoms with Crippen LogP contribution < -0.4 is 0 Å². The van der Waals surface area contributed by atoms with Gasteiger partial charge in [0.2, 0.25) is 0 Å². The molecule has 2 aromatic heterocycles. The second kappa shape index (κ2) is 4.80. The first-order chi connectivity index (χ1) is 10.2.